The van der Waals surface area contributed by atoms with Crippen LogP contribution in [0.15, 0.2) is 66.9 Å². The maximum Gasteiger partial charge on any atom is 0.586 e. The van der Waals surface area contributed by atoms with Crippen molar-refractivity contribution in [2.45, 2.75) is 12.8 Å². The Bertz CT molecular complexity index is 1530. The van der Waals surface area contributed by atoms with Crippen LogP contribution >= 0.6 is 0 Å². The lowest BCUT2D eigenvalue weighted by atomic mass is 10.1. The van der Waals surface area contributed by atoms with E-state index in [1.807, 2.05) is 41.4 Å². The molecular formula is C27H23F2N5O4. The first-order valence-electron chi connectivity index (χ1n) is 12.1. The number of alkyl halides is 2. The van der Waals surface area contributed by atoms with Gasteiger partial charge in [-0.3, -0.25) is 14.3 Å². The molecule has 1 N–H and O–H groups in total. The van der Waals surface area contributed by atoms with Gasteiger partial charge in [-0.1, -0.05) is 24.3 Å². The highest BCUT2D eigenvalue weighted by Crippen LogP contribution is 2.43. The van der Waals surface area contributed by atoms with Crippen molar-refractivity contribution in [2.75, 3.05) is 36.4 Å². The van der Waals surface area contributed by atoms with E-state index in [1.54, 1.807) is 27.8 Å². The van der Waals surface area contributed by atoms with Crippen LogP contribution in [0, 0.1) is 0 Å². The Morgan fingerprint density at radius 3 is 2.61 bits per heavy atom. The second-order valence-corrected chi connectivity index (χ2v) is 9.11. The molecule has 2 aliphatic rings. The van der Waals surface area contributed by atoms with Crippen LogP contribution in [0.2, 0.25) is 0 Å². The molecule has 0 atom stereocenters. The SMILES string of the molecule is O=CNc1cccc2cn(Cc3cccc(C(=O)N4CCN(c5ccc6c(c5)OC(F)(F)O6)CC4)c3)nc12. The van der Waals surface area contributed by atoms with Gasteiger partial charge in [-0.25, -0.2) is 0 Å². The number of halogens is 2. The molecule has 4 aromatic rings. The van der Waals surface area contributed by atoms with Gasteiger partial charge in [0, 0.05) is 55.1 Å². The number of nitrogens with zero attached hydrogens (tertiary/aromatic N) is 4. The summed E-state index contributed by atoms with van der Waals surface area (Å²) < 4.78 is 37.5. The molecule has 11 heteroatoms. The monoisotopic (exact) mass is 519 g/mol. The molecule has 2 amide bonds. The van der Waals surface area contributed by atoms with Gasteiger partial charge in [0.2, 0.25) is 6.41 Å². The van der Waals surface area contributed by atoms with Crippen molar-refractivity contribution in [1.82, 2.24) is 14.7 Å². The van der Waals surface area contributed by atoms with E-state index in [9.17, 15) is 18.4 Å². The zero-order valence-electron chi connectivity index (χ0n) is 20.1. The van der Waals surface area contributed by atoms with Crippen molar-refractivity contribution < 1.29 is 27.8 Å². The summed E-state index contributed by atoms with van der Waals surface area (Å²) in [5, 5.41) is 8.16. The minimum absolute atomic E-state index is 0.00382. The van der Waals surface area contributed by atoms with Crippen LogP contribution in [0.4, 0.5) is 20.2 Å². The molecule has 1 aromatic heterocycles. The van der Waals surface area contributed by atoms with E-state index in [4.69, 9.17) is 0 Å². The molecule has 38 heavy (non-hydrogen) atoms. The summed E-state index contributed by atoms with van der Waals surface area (Å²) in [7, 11) is 0. The summed E-state index contributed by atoms with van der Waals surface area (Å²) in [5.74, 6) is -0.0576. The van der Waals surface area contributed by atoms with Crippen LogP contribution < -0.4 is 19.7 Å². The molecule has 0 bridgehead atoms. The number of amides is 2. The predicted octanol–water partition coefficient (Wildman–Crippen LogP) is 3.94. The van der Waals surface area contributed by atoms with Gasteiger partial charge in [-0.05, 0) is 35.9 Å². The minimum atomic E-state index is -3.65. The Kier molecular flexibility index (Phi) is 5.82. The van der Waals surface area contributed by atoms with Crippen LogP contribution in [0.5, 0.6) is 11.5 Å². The molecule has 0 radical (unpaired) electrons. The molecule has 9 nitrogen and oxygen atoms in total. The first-order valence-corrected chi connectivity index (χ1v) is 12.1. The molecule has 194 valence electrons. The van der Waals surface area contributed by atoms with Crippen LogP contribution in [-0.4, -0.2) is 59.5 Å². The number of anilines is 2. The molecule has 0 saturated carbocycles. The predicted molar refractivity (Wildman–Crippen MR) is 136 cm³/mol. The van der Waals surface area contributed by atoms with Crippen molar-refractivity contribution in [3.05, 3.63) is 78.0 Å². The molecule has 3 aromatic carbocycles. The Labute approximate surface area is 216 Å². The number of hydrogen-bond acceptors (Lipinski definition) is 6. The molecule has 1 fully saturated rings. The highest BCUT2D eigenvalue weighted by Gasteiger charge is 2.43. The van der Waals surface area contributed by atoms with Crippen molar-refractivity contribution >= 4 is 34.6 Å². The van der Waals surface area contributed by atoms with Gasteiger partial charge in [-0.2, -0.15) is 5.10 Å². The maximum atomic E-state index is 13.3. The van der Waals surface area contributed by atoms with E-state index in [2.05, 4.69) is 19.9 Å². The number of rotatable bonds is 6. The Balaban J connectivity index is 1.11. The molecule has 3 heterocycles. The first kappa shape index (κ1) is 23.7. The van der Waals surface area contributed by atoms with E-state index in [1.165, 1.54) is 12.1 Å². The molecule has 0 unspecified atom stereocenters. The number of fused-ring (bicyclic) bond motifs is 2. The normalized spacial score (nSPS) is 16.1. The summed E-state index contributed by atoms with van der Waals surface area (Å²) in [5.41, 5.74) is 3.57. The van der Waals surface area contributed by atoms with Gasteiger partial charge >= 0.3 is 6.29 Å². The second kappa shape index (κ2) is 9.33. The summed E-state index contributed by atoms with van der Waals surface area (Å²) in [4.78, 5) is 27.9. The lowest BCUT2D eigenvalue weighted by Crippen LogP contribution is -2.48. The molecule has 0 aliphatic carbocycles. The lowest BCUT2D eigenvalue weighted by Gasteiger charge is -2.36. The van der Waals surface area contributed by atoms with Crippen LogP contribution in [0.25, 0.3) is 10.9 Å². The Hall–Kier alpha value is -4.67. The van der Waals surface area contributed by atoms with Crippen LogP contribution in [0.1, 0.15) is 15.9 Å². The van der Waals surface area contributed by atoms with Gasteiger partial charge in [-0.15, -0.1) is 8.78 Å². The van der Waals surface area contributed by atoms with Gasteiger partial charge in [0.15, 0.2) is 11.5 Å². The Morgan fingerprint density at radius 1 is 1.00 bits per heavy atom. The van der Waals surface area contributed by atoms with Crippen LogP contribution in [-0.2, 0) is 11.3 Å². The van der Waals surface area contributed by atoms with Gasteiger partial charge in [0.25, 0.3) is 5.91 Å². The standard InChI is InChI=1S/C27H23F2N5O4/c28-27(29)37-23-8-7-21(14-24(23)38-27)32-9-11-33(12-10-32)26(36)19-4-1-3-18(13-19)15-34-16-20-5-2-6-22(30-17-35)25(20)31-34/h1-8,13-14,16-17H,9-12,15H2,(H,30,35). The van der Waals surface area contributed by atoms with Gasteiger partial charge in [0.1, 0.15) is 5.52 Å². The van der Waals surface area contributed by atoms with Crippen molar-refractivity contribution in [3.63, 3.8) is 0 Å². The zero-order valence-corrected chi connectivity index (χ0v) is 20.1. The number of aromatic nitrogens is 2. The minimum Gasteiger partial charge on any atom is -0.395 e. The molecule has 2 aliphatic heterocycles. The van der Waals surface area contributed by atoms with E-state index < -0.39 is 6.29 Å². The average molecular weight is 520 g/mol. The highest BCUT2D eigenvalue weighted by molar-refractivity contribution is 5.95. The first-order chi connectivity index (χ1) is 18.4. The number of nitrogens with one attached hydrogen (secondary N) is 1. The van der Waals surface area contributed by atoms with E-state index in [0.717, 1.165) is 16.6 Å². The van der Waals surface area contributed by atoms with Crippen molar-refractivity contribution in [3.8, 4) is 11.5 Å². The number of benzene rings is 3. The fraction of sp³-hybridized carbons (Fsp3) is 0.222. The maximum absolute atomic E-state index is 13.3. The Morgan fingerprint density at radius 2 is 1.79 bits per heavy atom. The smallest absolute Gasteiger partial charge is 0.395 e. The quantitative estimate of drug-likeness (QED) is 0.389. The number of hydrogen-bond donors (Lipinski definition) is 1. The van der Waals surface area contributed by atoms with E-state index in [-0.39, 0.29) is 17.4 Å². The summed E-state index contributed by atoms with van der Waals surface area (Å²) in [6, 6.07) is 17.7. The van der Waals surface area contributed by atoms with Crippen molar-refractivity contribution in [2.24, 2.45) is 0 Å². The topological polar surface area (TPSA) is 88.9 Å². The average Bonchev–Trinajstić information content (AvgIpc) is 3.47. The molecule has 0 spiro atoms. The molecule has 6 rings (SSSR count). The van der Waals surface area contributed by atoms with Gasteiger partial charge < -0.3 is 24.6 Å². The van der Waals surface area contributed by atoms with E-state index >= 15 is 0 Å². The lowest BCUT2D eigenvalue weighted by molar-refractivity contribution is -0.286. The number of ether oxygens (including phenoxy) is 2. The third-order valence-corrected chi connectivity index (χ3v) is 6.63. The summed E-state index contributed by atoms with van der Waals surface area (Å²) >= 11 is 0. The van der Waals surface area contributed by atoms with E-state index in [0.29, 0.717) is 55.9 Å². The van der Waals surface area contributed by atoms with Crippen molar-refractivity contribution in [1.29, 1.82) is 0 Å². The number of carbonyl (C=O) groups excluding carboxylic acids is 2. The molecular weight excluding hydrogens is 496 g/mol. The summed E-state index contributed by atoms with van der Waals surface area (Å²) in [6.45, 7) is 2.56. The largest absolute Gasteiger partial charge is 0.586 e. The third kappa shape index (κ3) is 4.58. The summed E-state index contributed by atoms with van der Waals surface area (Å²) in [6.07, 6.45) is -1.13. The third-order valence-electron chi connectivity index (χ3n) is 6.63. The van der Waals surface area contributed by atoms with Crippen LogP contribution in [0.3, 0.4) is 0 Å². The second-order valence-electron chi connectivity index (χ2n) is 9.11. The zero-order chi connectivity index (χ0) is 26.3. The number of carbonyl (C=O) groups is 2. The fourth-order valence-electron chi connectivity index (χ4n) is 4.83. The number of piperazine rings is 1. The van der Waals surface area contributed by atoms with Gasteiger partial charge in [0.05, 0.1) is 12.2 Å². The fourth-order valence-corrected chi connectivity index (χ4v) is 4.83. The highest BCUT2D eigenvalue weighted by atomic mass is 19.3. The molecule has 1 saturated heterocycles.